The van der Waals surface area contributed by atoms with Crippen molar-refractivity contribution in [3.63, 3.8) is 0 Å². The highest BCUT2D eigenvalue weighted by Gasteiger charge is 2.11. The first-order valence-corrected chi connectivity index (χ1v) is 6.25. The molecule has 6 heteroatoms. The number of hydrogen-bond donors (Lipinski definition) is 2. The van der Waals surface area contributed by atoms with Crippen LogP contribution in [0.4, 0.5) is 5.69 Å². The number of benzene rings is 1. The Morgan fingerprint density at radius 3 is 2.33 bits per heavy atom. The van der Waals surface area contributed by atoms with Gasteiger partial charge in [-0.3, -0.25) is 0 Å². The summed E-state index contributed by atoms with van der Waals surface area (Å²) in [5, 5.41) is 7.15. The molecule has 1 aromatic rings. The van der Waals surface area contributed by atoms with E-state index >= 15 is 0 Å². The molecule has 0 unspecified atom stereocenters. The first-order valence-electron chi connectivity index (χ1n) is 5.47. The quantitative estimate of drug-likeness (QED) is 0.834. The van der Waals surface area contributed by atoms with Crippen LogP contribution in [-0.2, 0) is 0 Å². The van der Waals surface area contributed by atoms with Crippen molar-refractivity contribution in [2.24, 2.45) is 0 Å². The second-order valence-corrected chi connectivity index (χ2v) is 4.76. The number of rotatable bonds is 4. The van der Waals surface area contributed by atoms with Gasteiger partial charge >= 0.3 is 0 Å². The fourth-order valence-electron chi connectivity index (χ4n) is 1.38. The van der Waals surface area contributed by atoms with Crippen molar-refractivity contribution in [2.45, 2.75) is 19.9 Å². The predicted octanol–water partition coefficient (Wildman–Crippen LogP) is 3.05. The monoisotopic (exact) mass is 288 g/mol. The van der Waals surface area contributed by atoms with E-state index < -0.39 is 0 Å². The molecular formula is C12H17ClN2O2S. The van der Waals surface area contributed by atoms with E-state index in [1.54, 1.807) is 26.4 Å². The highest BCUT2D eigenvalue weighted by molar-refractivity contribution is 7.80. The molecule has 100 valence electrons. The average Bonchev–Trinajstić information content (AvgIpc) is 2.29. The summed E-state index contributed by atoms with van der Waals surface area (Å²) in [4.78, 5) is 0. The SMILES string of the molecule is COc1cc(NC(=S)NC(C)C)c(OC)cc1Cl. The molecule has 1 aromatic carbocycles. The van der Waals surface area contributed by atoms with Gasteiger partial charge in [0.1, 0.15) is 11.5 Å². The lowest BCUT2D eigenvalue weighted by Crippen LogP contribution is -2.34. The van der Waals surface area contributed by atoms with Gasteiger partial charge < -0.3 is 20.1 Å². The van der Waals surface area contributed by atoms with E-state index in [2.05, 4.69) is 10.6 Å². The van der Waals surface area contributed by atoms with Crippen LogP contribution >= 0.6 is 23.8 Å². The molecule has 4 nitrogen and oxygen atoms in total. The summed E-state index contributed by atoms with van der Waals surface area (Å²) in [5.74, 6) is 1.17. The Kier molecular flexibility index (Phi) is 5.50. The Morgan fingerprint density at radius 1 is 1.22 bits per heavy atom. The first kappa shape index (κ1) is 14.9. The van der Waals surface area contributed by atoms with Crippen molar-refractivity contribution in [3.05, 3.63) is 17.2 Å². The van der Waals surface area contributed by atoms with E-state index in [1.165, 1.54) is 0 Å². The molecule has 0 aliphatic heterocycles. The van der Waals surface area contributed by atoms with Gasteiger partial charge in [0.2, 0.25) is 0 Å². The molecule has 0 amide bonds. The molecule has 0 saturated carbocycles. The van der Waals surface area contributed by atoms with Crippen LogP contribution in [-0.4, -0.2) is 25.4 Å². The molecule has 2 N–H and O–H groups in total. The topological polar surface area (TPSA) is 42.5 Å². The zero-order chi connectivity index (χ0) is 13.7. The van der Waals surface area contributed by atoms with Crippen molar-refractivity contribution >= 4 is 34.6 Å². The lowest BCUT2D eigenvalue weighted by atomic mass is 10.2. The minimum Gasteiger partial charge on any atom is -0.495 e. The van der Waals surface area contributed by atoms with Gasteiger partial charge in [-0.05, 0) is 26.1 Å². The smallest absolute Gasteiger partial charge is 0.171 e. The molecule has 0 spiro atoms. The van der Waals surface area contributed by atoms with E-state index in [9.17, 15) is 0 Å². The first-order chi connectivity index (χ1) is 8.47. The number of halogens is 1. The molecule has 0 aliphatic carbocycles. The molecule has 0 heterocycles. The van der Waals surface area contributed by atoms with E-state index in [4.69, 9.17) is 33.3 Å². The molecule has 0 aromatic heterocycles. The van der Waals surface area contributed by atoms with Gasteiger partial charge in [-0.25, -0.2) is 0 Å². The van der Waals surface area contributed by atoms with Crippen molar-refractivity contribution in [1.29, 1.82) is 0 Å². The number of ether oxygens (including phenoxy) is 2. The lowest BCUT2D eigenvalue weighted by molar-refractivity contribution is 0.405. The van der Waals surface area contributed by atoms with E-state index in [-0.39, 0.29) is 6.04 Å². The van der Waals surface area contributed by atoms with E-state index in [0.29, 0.717) is 27.3 Å². The van der Waals surface area contributed by atoms with Gasteiger partial charge in [0.05, 0.1) is 24.9 Å². The van der Waals surface area contributed by atoms with Gasteiger partial charge in [0.25, 0.3) is 0 Å². The Bertz CT molecular complexity index is 438. The van der Waals surface area contributed by atoms with E-state index in [1.807, 2.05) is 13.8 Å². The van der Waals surface area contributed by atoms with Crippen LogP contribution in [0.2, 0.25) is 5.02 Å². The Hall–Kier alpha value is -1.20. The fourth-order valence-corrected chi connectivity index (χ4v) is 1.96. The largest absolute Gasteiger partial charge is 0.495 e. The van der Waals surface area contributed by atoms with Crippen LogP contribution in [0.5, 0.6) is 11.5 Å². The summed E-state index contributed by atoms with van der Waals surface area (Å²) in [6, 6.07) is 3.68. The van der Waals surface area contributed by atoms with Crippen LogP contribution in [0, 0.1) is 0 Å². The minimum absolute atomic E-state index is 0.255. The molecule has 0 atom stereocenters. The van der Waals surface area contributed by atoms with Gasteiger partial charge in [-0.15, -0.1) is 0 Å². The van der Waals surface area contributed by atoms with Crippen LogP contribution in [0.1, 0.15) is 13.8 Å². The molecule has 0 radical (unpaired) electrons. The molecular weight excluding hydrogens is 272 g/mol. The zero-order valence-corrected chi connectivity index (χ0v) is 12.4. The van der Waals surface area contributed by atoms with Gasteiger partial charge in [0, 0.05) is 18.2 Å². The Labute approximate surface area is 118 Å². The number of anilines is 1. The number of methoxy groups -OCH3 is 2. The highest BCUT2D eigenvalue weighted by atomic mass is 35.5. The third kappa shape index (κ3) is 3.92. The second-order valence-electron chi connectivity index (χ2n) is 3.94. The van der Waals surface area contributed by atoms with Crippen molar-refractivity contribution in [1.82, 2.24) is 5.32 Å². The van der Waals surface area contributed by atoms with Crippen LogP contribution in [0.3, 0.4) is 0 Å². The van der Waals surface area contributed by atoms with Crippen LogP contribution in [0.15, 0.2) is 12.1 Å². The number of hydrogen-bond acceptors (Lipinski definition) is 3. The summed E-state index contributed by atoms with van der Waals surface area (Å²) >= 11 is 11.2. The standard InChI is InChI=1S/C12H17ClN2O2S/c1-7(2)14-12(18)15-9-6-10(16-3)8(13)5-11(9)17-4/h5-7H,1-4H3,(H2,14,15,18). The summed E-state index contributed by atoms with van der Waals surface area (Å²) in [6.07, 6.45) is 0. The maximum absolute atomic E-state index is 6.02. The van der Waals surface area contributed by atoms with Gasteiger partial charge in [-0.1, -0.05) is 11.6 Å². The lowest BCUT2D eigenvalue weighted by Gasteiger charge is -2.16. The predicted molar refractivity (Wildman–Crippen MR) is 79.0 cm³/mol. The second kappa shape index (κ2) is 6.66. The summed E-state index contributed by atoms with van der Waals surface area (Å²) in [7, 11) is 3.13. The van der Waals surface area contributed by atoms with E-state index in [0.717, 1.165) is 0 Å². The number of thiocarbonyl (C=S) groups is 1. The third-order valence-corrected chi connectivity index (χ3v) is 2.66. The number of nitrogens with one attached hydrogen (secondary N) is 2. The summed E-state index contributed by atoms with van der Waals surface area (Å²) in [5.41, 5.74) is 0.705. The van der Waals surface area contributed by atoms with Crippen molar-refractivity contribution in [2.75, 3.05) is 19.5 Å². The average molecular weight is 289 g/mol. The maximum atomic E-state index is 6.02. The van der Waals surface area contributed by atoms with Crippen LogP contribution in [0.25, 0.3) is 0 Å². The maximum Gasteiger partial charge on any atom is 0.171 e. The van der Waals surface area contributed by atoms with Gasteiger partial charge in [0.15, 0.2) is 5.11 Å². The zero-order valence-electron chi connectivity index (χ0n) is 10.8. The molecule has 0 saturated heterocycles. The minimum atomic E-state index is 0.255. The molecule has 1 rings (SSSR count). The van der Waals surface area contributed by atoms with Crippen LogP contribution < -0.4 is 20.1 Å². The molecule has 18 heavy (non-hydrogen) atoms. The van der Waals surface area contributed by atoms with Gasteiger partial charge in [-0.2, -0.15) is 0 Å². The molecule has 0 fully saturated rings. The summed E-state index contributed by atoms with van der Waals surface area (Å²) in [6.45, 7) is 4.02. The van der Waals surface area contributed by atoms with Crippen molar-refractivity contribution in [3.8, 4) is 11.5 Å². The molecule has 0 aliphatic rings. The summed E-state index contributed by atoms with van der Waals surface area (Å²) < 4.78 is 10.4. The third-order valence-electron chi connectivity index (χ3n) is 2.14. The molecule has 0 bridgehead atoms. The highest BCUT2D eigenvalue weighted by Crippen LogP contribution is 2.35. The fraction of sp³-hybridized carbons (Fsp3) is 0.417. The normalized spacial score (nSPS) is 10.1. The van der Waals surface area contributed by atoms with Crippen molar-refractivity contribution < 1.29 is 9.47 Å². The Morgan fingerprint density at radius 2 is 1.83 bits per heavy atom. The Balaban J connectivity index is 2.96.